The molecule has 2 aromatic heterocycles. The number of hydrogen-bond donors (Lipinski definition) is 3. The van der Waals surface area contributed by atoms with Crippen LogP contribution in [0.5, 0.6) is 0 Å². The third-order valence-corrected chi connectivity index (χ3v) is 3.64. The molecule has 0 unspecified atom stereocenters. The number of hydrogen-bond acceptors (Lipinski definition) is 3. The number of carbonyl (C=O) groups excluding carboxylic acids is 1. The van der Waals surface area contributed by atoms with Crippen LogP contribution in [0.2, 0.25) is 0 Å². The summed E-state index contributed by atoms with van der Waals surface area (Å²) < 4.78 is 39.9. The van der Waals surface area contributed by atoms with E-state index in [0.29, 0.717) is 5.39 Å². The number of rotatable bonds is 2. The van der Waals surface area contributed by atoms with Crippen LogP contribution in [0.3, 0.4) is 0 Å². The first-order valence-electron chi connectivity index (χ1n) is 7.32. The van der Waals surface area contributed by atoms with Crippen LogP contribution in [0.4, 0.5) is 24.7 Å². The van der Waals surface area contributed by atoms with E-state index in [4.69, 9.17) is 11.7 Å². The lowest BCUT2D eigenvalue weighted by molar-refractivity contribution is -0.147. The summed E-state index contributed by atoms with van der Waals surface area (Å²) >= 11 is 0. The summed E-state index contributed by atoms with van der Waals surface area (Å²) in [5, 5.41) is 11.1. The van der Waals surface area contributed by atoms with Crippen LogP contribution in [0, 0.1) is 6.57 Å². The summed E-state index contributed by atoms with van der Waals surface area (Å²) in [5.41, 5.74) is -0.864. The van der Waals surface area contributed by atoms with Gasteiger partial charge in [0.05, 0.1) is 12.1 Å². The number of H-pyrrole nitrogens is 1. The fourth-order valence-corrected chi connectivity index (χ4v) is 2.46. The number of amides is 1. The molecule has 0 aliphatic carbocycles. The third kappa shape index (κ3) is 3.57. The first-order valence-corrected chi connectivity index (χ1v) is 7.32. The molecule has 1 amide bonds. The van der Waals surface area contributed by atoms with Crippen LogP contribution in [-0.4, -0.2) is 27.0 Å². The Kier molecular flexibility index (Phi) is 4.29. The van der Waals surface area contributed by atoms with Gasteiger partial charge in [-0.1, -0.05) is 12.1 Å². The molecule has 2 heterocycles. The number of carbonyl (C=O) groups is 2. The van der Waals surface area contributed by atoms with Gasteiger partial charge in [0.2, 0.25) is 0 Å². The van der Waals surface area contributed by atoms with Crippen molar-refractivity contribution >= 4 is 34.4 Å². The number of halogens is 3. The summed E-state index contributed by atoms with van der Waals surface area (Å²) in [6, 6.07) is 7.24. The van der Waals surface area contributed by atoms with E-state index in [0.717, 1.165) is 18.2 Å². The number of pyridine rings is 1. The van der Waals surface area contributed by atoms with Gasteiger partial charge in [-0.05, 0) is 29.8 Å². The van der Waals surface area contributed by atoms with Crippen molar-refractivity contribution in [3.05, 3.63) is 53.4 Å². The molecule has 0 atom stereocenters. The molecular formula is C17H9F3N4O3. The zero-order valence-electron chi connectivity index (χ0n) is 13.3. The van der Waals surface area contributed by atoms with Crippen molar-refractivity contribution in [1.82, 2.24) is 9.97 Å². The standard InChI is InChI=1S/C17H9F3N4O3/c1-21-9-3-4-11(17(18,19)20)10(7-9)12-6-8-2-5-13(23-14(8)22-12)24-15(25)16(26)27/h2-7H,(H,26,27)(H2,22,23,24,25). The average Bonchev–Trinajstić information content (AvgIpc) is 3.03. The van der Waals surface area contributed by atoms with Crippen molar-refractivity contribution in [3.8, 4) is 11.3 Å². The number of aromatic nitrogens is 2. The van der Waals surface area contributed by atoms with Crippen LogP contribution in [0.25, 0.3) is 27.1 Å². The van der Waals surface area contributed by atoms with E-state index in [1.165, 1.54) is 18.2 Å². The smallest absolute Gasteiger partial charge is 0.416 e. The molecule has 27 heavy (non-hydrogen) atoms. The van der Waals surface area contributed by atoms with Crippen molar-refractivity contribution in [1.29, 1.82) is 0 Å². The molecule has 0 fully saturated rings. The third-order valence-electron chi connectivity index (χ3n) is 3.64. The molecule has 3 N–H and O–H groups in total. The van der Waals surface area contributed by atoms with Crippen LogP contribution in [-0.2, 0) is 15.8 Å². The van der Waals surface area contributed by atoms with E-state index in [-0.39, 0.29) is 28.4 Å². The molecule has 0 aliphatic rings. The monoisotopic (exact) mass is 374 g/mol. The van der Waals surface area contributed by atoms with Gasteiger partial charge in [-0.25, -0.2) is 14.6 Å². The van der Waals surface area contributed by atoms with Gasteiger partial charge < -0.3 is 15.4 Å². The minimum absolute atomic E-state index is 0.0408. The van der Waals surface area contributed by atoms with E-state index in [1.807, 2.05) is 5.32 Å². The van der Waals surface area contributed by atoms with Crippen LogP contribution >= 0.6 is 0 Å². The molecule has 1 aromatic carbocycles. The average molecular weight is 374 g/mol. The first-order chi connectivity index (χ1) is 12.7. The maximum atomic E-state index is 13.3. The molecule has 136 valence electrons. The number of aromatic amines is 1. The number of nitrogens with zero attached hydrogens (tertiary/aromatic N) is 2. The molecule has 10 heteroatoms. The lowest BCUT2D eigenvalue weighted by Crippen LogP contribution is -2.22. The topological polar surface area (TPSA) is 99.4 Å². The molecule has 0 saturated heterocycles. The molecule has 0 aliphatic heterocycles. The minimum atomic E-state index is -4.62. The largest absolute Gasteiger partial charge is 0.474 e. The quantitative estimate of drug-likeness (QED) is 0.469. The molecule has 0 saturated carbocycles. The molecular weight excluding hydrogens is 365 g/mol. The number of anilines is 1. The Labute approximate surface area is 149 Å². The van der Waals surface area contributed by atoms with Crippen molar-refractivity contribution in [2.45, 2.75) is 6.18 Å². The molecule has 0 bridgehead atoms. The highest BCUT2D eigenvalue weighted by Crippen LogP contribution is 2.39. The van der Waals surface area contributed by atoms with Crippen molar-refractivity contribution < 1.29 is 27.9 Å². The van der Waals surface area contributed by atoms with E-state index in [2.05, 4.69) is 14.8 Å². The van der Waals surface area contributed by atoms with E-state index >= 15 is 0 Å². The minimum Gasteiger partial charge on any atom is -0.474 e. The molecule has 7 nitrogen and oxygen atoms in total. The second kappa shape index (κ2) is 6.45. The van der Waals surface area contributed by atoms with E-state index < -0.39 is 23.6 Å². The second-order valence-corrected chi connectivity index (χ2v) is 5.42. The van der Waals surface area contributed by atoms with Crippen molar-refractivity contribution in [3.63, 3.8) is 0 Å². The van der Waals surface area contributed by atoms with Gasteiger partial charge in [0, 0.05) is 11.1 Å². The Balaban J connectivity index is 2.09. The first kappa shape index (κ1) is 17.9. The zero-order valence-corrected chi connectivity index (χ0v) is 13.3. The SMILES string of the molecule is [C-]#[N+]c1ccc(C(F)(F)F)c(-c2cc3ccc(NC(=O)C(=O)O)nc3[nH]2)c1. The van der Waals surface area contributed by atoms with Gasteiger partial charge in [0.25, 0.3) is 0 Å². The summed E-state index contributed by atoms with van der Waals surface area (Å²) in [6.45, 7) is 7.00. The molecule has 3 aromatic rings. The lowest BCUT2D eigenvalue weighted by Gasteiger charge is -2.12. The normalized spacial score (nSPS) is 11.2. The Morgan fingerprint density at radius 2 is 1.93 bits per heavy atom. The van der Waals surface area contributed by atoms with Gasteiger partial charge in [-0.2, -0.15) is 13.2 Å². The highest BCUT2D eigenvalue weighted by Gasteiger charge is 2.34. The maximum absolute atomic E-state index is 13.3. The van der Waals surface area contributed by atoms with Crippen molar-refractivity contribution in [2.75, 3.05) is 5.32 Å². The summed E-state index contributed by atoms with van der Waals surface area (Å²) in [4.78, 5) is 31.6. The summed E-state index contributed by atoms with van der Waals surface area (Å²) in [7, 11) is 0. The van der Waals surface area contributed by atoms with Gasteiger partial charge in [-0.15, -0.1) is 0 Å². The number of alkyl halides is 3. The summed E-state index contributed by atoms with van der Waals surface area (Å²) in [6.07, 6.45) is -4.62. The number of aliphatic carboxylic acids is 1. The fraction of sp³-hybridized carbons (Fsp3) is 0.0588. The number of nitrogens with one attached hydrogen (secondary N) is 2. The van der Waals surface area contributed by atoms with E-state index in [9.17, 15) is 22.8 Å². The van der Waals surface area contributed by atoms with E-state index in [1.54, 1.807) is 0 Å². The van der Waals surface area contributed by atoms with Crippen molar-refractivity contribution in [2.24, 2.45) is 0 Å². The number of carboxylic acids is 1. The predicted octanol–water partition coefficient (Wildman–Crippen LogP) is 3.82. The molecule has 0 spiro atoms. The summed E-state index contributed by atoms with van der Waals surface area (Å²) in [5.74, 6) is -3.07. The number of carboxylic acid groups (broad SMARTS) is 1. The Bertz CT molecular complexity index is 1110. The molecule has 0 radical (unpaired) electrons. The Hall–Kier alpha value is -3.87. The van der Waals surface area contributed by atoms with Gasteiger partial charge >= 0.3 is 18.1 Å². The second-order valence-electron chi connectivity index (χ2n) is 5.42. The highest BCUT2D eigenvalue weighted by molar-refractivity contribution is 6.36. The Morgan fingerprint density at radius 1 is 1.19 bits per heavy atom. The molecule has 3 rings (SSSR count). The number of benzene rings is 1. The Morgan fingerprint density at radius 3 is 2.56 bits per heavy atom. The predicted molar refractivity (Wildman–Crippen MR) is 89.1 cm³/mol. The highest BCUT2D eigenvalue weighted by atomic mass is 19.4. The van der Waals surface area contributed by atoms with Gasteiger partial charge in [0.15, 0.2) is 5.69 Å². The maximum Gasteiger partial charge on any atom is 0.416 e. The van der Waals surface area contributed by atoms with Crippen LogP contribution in [0.1, 0.15) is 5.56 Å². The zero-order chi connectivity index (χ0) is 19.8. The van der Waals surface area contributed by atoms with Gasteiger partial charge in [-0.3, -0.25) is 4.79 Å². The van der Waals surface area contributed by atoms with Gasteiger partial charge in [0.1, 0.15) is 11.5 Å². The lowest BCUT2D eigenvalue weighted by atomic mass is 10.0. The van der Waals surface area contributed by atoms with Crippen LogP contribution < -0.4 is 5.32 Å². The fourth-order valence-electron chi connectivity index (χ4n) is 2.46. The van der Waals surface area contributed by atoms with Crippen LogP contribution in [0.15, 0.2) is 36.4 Å². The number of fused-ring (bicyclic) bond motifs is 1.